The summed E-state index contributed by atoms with van der Waals surface area (Å²) in [6, 6.07) is 14.6. The van der Waals surface area contributed by atoms with Gasteiger partial charge in [0.15, 0.2) is 0 Å². The Balaban J connectivity index is 1.93. The molecule has 0 bridgehead atoms. The average Bonchev–Trinajstić information content (AvgIpc) is 3.14. The number of nitrogens with one attached hydrogen (secondary N) is 2. The Labute approximate surface area is 149 Å². The van der Waals surface area contributed by atoms with Gasteiger partial charge in [-0.1, -0.05) is 36.4 Å². The van der Waals surface area contributed by atoms with Crippen LogP contribution >= 0.6 is 23.1 Å². The summed E-state index contributed by atoms with van der Waals surface area (Å²) >= 11 is 2.88. The number of rotatable bonds is 8. The minimum Gasteiger partial charge on any atom is -0.341 e. The highest BCUT2D eigenvalue weighted by atomic mass is 32.2. The molecule has 0 aliphatic rings. The molecule has 0 unspecified atom stereocenters. The summed E-state index contributed by atoms with van der Waals surface area (Å²) in [5.74, 6) is 0.561. The second kappa shape index (κ2) is 9.75. The summed E-state index contributed by atoms with van der Waals surface area (Å²) in [6.07, 6.45) is 0. The van der Waals surface area contributed by atoms with Gasteiger partial charge in [0, 0.05) is 11.5 Å². The highest BCUT2D eigenvalue weighted by molar-refractivity contribution is 7.98. The molecule has 2 N–H and O–H groups in total. The van der Waals surface area contributed by atoms with Gasteiger partial charge in [0.1, 0.15) is 12.6 Å². The van der Waals surface area contributed by atoms with Crippen LogP contribution in [0.3, 0.4) is 0 Å². The van der Waals surface area contributed by atoms with Crippen LogP contribution < -0.4 is 10.6 Å². The molecule has 2 aromatic rings. The number of hydrogen-bond acceptors (Lipinski definition) is 5. The highest BCUT2D eigenvalue weighted by Crippen LogP contribution is 2.14. The molecule has 1 atom stereocenters. The van der Waals surface area contributed by atoms with Crippen LogP contribution in [-0.4, -0.2) is 30.2 Å². The van der Waals surface area contributed by atoms with E-state index in [1.54, 1.807) is 23.9 Å². The lowest BCUT2D eigenvalue weighted by molar-refractivity contribution is -0.122. The van der Waals surface area contributed by atoms with Gasteiger partial charge in [-0.3, -0.25) is 9.59 Å². The molecule has 1 heterocycles. The van der Waals surface area contributed by atoms with E-state index < -0.39 is 6.04 Å². The number of thioether (sulfide) groups is 1. The lowest BCUT2D eigenvalue weighted by Gasteiger charge is -2.17. The predicted molar refractivity (Wildman–Crippen MR) is 96.8 cm³/mol. The SMILES string of the molecule is N#CCNC(=O)[C@H](CSCc1ccccc1)NC(=O)c1cccs1. The fraction of sp³-hybridized carbons (Fsp3) is 0.235. The first-order valence-corrected chi connectivity index (χ1v) is 9.35. The Kier molecular flexibility index (Phi) is 7.33. The molecule has 0 spiro atoms. The Bertz CT molecular complexity index is 696. The molecule has 0 aliphatic carbocycles. The Morgan fingerprint density at radius 3 is 2.67 bits per heavy atom. The Morgan fingerprint density at radius 2 is 2.00 bits per heavy atom. The molecule has 0 fully saturated rings. The number of hydrogen-bond donors (Lipinski definition) is 2. The van der Waals surface area contributed by atoms with Gasteiger partial charge in [-0.2, -0.15) is 17.0 Å². The van der Waals surface area contributed by atoms with E-state index in [1.807, 2.05) is 41.8 Å². The number of carbonyl (C=O) groups excluding carboxylic acids is 2. The molecule has 0 aliphatic heterocycles. The van der Waals surface area contributed by atoms with Crippen LogP contribution in [0.5, 0.6) is 0 Å². The average molecular weight is 359 g/mol. The van der Waals surface area contributed by atoms with E-state index in [2.05, 4.69) is 10.6 Å². The first-order valence-electron chi connectivity index (χ1n) is 7.31. The fourth-order valence-corrected chi connectivity index (χ4v) is 3.58. The molecular formula is C17H17N3O2S2. The van der Waals surface area contributed by atoms with Gasteiger partial charge in [-0.25, -0.2) is 0 Å². The smallest absolute Gasteiger partial charge is 0.262 e. The van der Waals surface area contributed by atoms with Crippen LogP contribution in [0.25, 0.3) is 0 Å². The van der Waals surface area contributed by atoms with Crippen molar-refractivity contribution in [2.24, 2.45) is 0 Å². The van der Waals surface area contributed by atoms with Crippen LogP contribution in [0.4, 0.5) is 0 Å². The van der Waals surface area contributed by atoms with E-state index >= 15 is 0 Å². The van der Waals surface area contributed by atoms with Crippen molar-refractivity contribution in [3.63, 3.8) is 0 Å². The molecule has 5 nitrogen and oxygen atoms in total. The summed E-state index contributed by atoms with van der Waals surface area (Å²) < 4.78 is 0. The maximum Gasteiger partial charge on any atom is 0.262 e. The molecule has 0 saturated carbocycles. The topological polar surface area (TPSA) is 82.0 Å². The van der Waals surface area contributed by atoms with Crippen molar-refractivity contribution in [2.75, 3.05) is 12.3 Å². The molecule has 1 aromatic carbocycles. The highest BCUT2D eigenvalue weighted by Gasteiger charge is 2.21. The molecular weight excluding hydrogens is 342 g/mol. The third-order valence-electron chi connectivity index (χ3n) is 3.10. The van der Waals surface area contributed by atoms with Gasteiger partial charge in [0.2, 0.25) is 5.91 Å². The quantitative estimate of drug-likeness (QED) is 0.709. The van der Waals surface area contributed by atoms with Crippen molar-refractivity contribution in [2.45, 2.75) is 11.8 Å². The van der Waals surface area contributed by atoms with Crippen LogP contribution in [0.15, 0.2) is 47.8 Å². The van der Waals surface area contributed by atoms with Gasteiger partial charge in [0.05, 0.1) is 10.9 Å². The minimum absolute atomic E-state index is 0.0758. The maximum atomic E-state index is 12.2. The summed E-state index contributed by atoms with van der Waals surface area (Å²) in [5, 5.41) is 15.7. The first kappa shape index (κ1) is 18.0. The Hall–Kier alpha value is -2.30. The molecule has 2 rings (SSSR count). The zero-order valence-corrected chi connectivity index (χ0v) is 14.5. The van der Waals surface area contributed by atoms with Gasteiger partial charge in [0.25, 0.3) is 5.91 Å². The van der Waals surface area contributed by atoms with Gasteiger partial charge in [-0.05, 0) is 17.0 Å². The van der Waals surface area contributed by atoms with Crippen LogP contribution in [0.2, 0.25) is 0 Å². The monoisotopic (exact) mass is 359 g/mol. The van der Waals surface area contributed by atoms with Crippen LogP contribution in [0, 0.1) is 11.3 Å². The normalized spacial score (nSPS) is 11.3. The lowest BCUT2D eigenvalue weighted by Crippen LogP contribution is -2.48. The lowest BCUT2D eigenvalue weighted by atomic mass is 10.2. The van der Waals surface area contributed by atoms with Crippen LogP contribution in [0.1, 0.15) is 15.2 Å². The summed E-state index contributed by atoms with van der Waals surface area (Å²) in [7, 11) is 0. The van der Waals surface area contributed by atoms with Crippen molar-refractivity contribution < 1.29 is 9.59 Å². The number of thiophene rings is 1. The van der Waals surface area contributed by atoms with E-state index in [0.717, 1.165) is 11.3 Å². The summed E-state index contributed by atoms with van der Waals surface area (Å²) in [4.78, 5) is 24.9. The fourth-order valence-electron chi connectivity index (χ4n) is 1.94. The largest absolute Gasteiger partial charge is 0.341 e. The van der Waals surface area contributed by atoms with Crippen molar-refractivity contribution in [1.29, 1.82) is 5.26 Å². The van der Waals surface area contributed by atoms with Gasteiger partial charge < -0.3 is 10.6 Å². The number of nitrogens with zero attached hydrogens (tertiary/aromatic N) is 1. The summed E-state index contributed by atoms with van der Waals surface area (Å²) in [6.45, 7) is -0.0758. The maximum absolute atomic E-state index is 12.2. The second-order valence-electron chi connectivity index (χ2n) is 4.88. The summed E-state index contributed by atoms with van der Waals surface area (Å²) in [5.41, 5.74) is 1.16. The number of benzene rings is 1. The Morgan fingerprint density at radius 1 is 1.21 bits per heavy atom. The molecule has 7 heteroatoms. The molecule has 24 heavy (non-hydrogen) atoms. The van der Waals surface area contributed by atoms with E-state index in [0.29, 0.717) is 10.6 Å². The predicted octanol–water partition coefficient (Wildman–Crippen LogP) is 2.42. The number of carbonyl (C=O) groups is 2. The van der Waals surface area contributed by atoms with E-state index in [9.17, 15) is 9.59 Å². The zero-order chi connectivity index (χ0) is 17.2. The standard InChI is InChI=1S/C17H17N3O2S2/c18-8-9-19-16(21)14(20-17(22)15-7-4-10-24-15)12-23-11-13-5-2-1-3-6-13/h1-7,10,14H,9,11-12H2,(H,19,21)(H,20,22)/t14-/m0/s1. The van der Waals surface area contributed by atoms with Gasteiger partial charge in [-0.15, -0.1) is 11.3 Å². The van der Waals surface area contributed by atoms with Gasteiger partial charge >= 0.3 is 0 Å². The van der Waals surface area contributed by atoms with Crippen molar-refractivity contribution in [1.82, 2.24) is 10.6 Å². The number of amides is 2. The molecule has 1 aromatic heterocycles. The molecule has 124 valence electrons. The second-order valence-corrected chi connectivity index (χ2v) is 6.86. The van der Waals surface area contributed by atoms with Crippen molar-refractivity contribution in [3.8, 4) is 6.07 Å². The minimum atomic E-state index is -0.679. The van der Waals surface area contributed by atoms with Crippen LogP contribution in [-0.2, 0) is 10.5 Å². The van der Waals surface area contributed by atoms with E-state index in [4.69, 9.17) is 5.26 Å². The first-order chi connectivity index (χ1) is 11.7. The molecule has 2 amide bonds. The third-order valence-corrected chi connectivity index (χ3v) is 5.08. The molecule has 0 radical (unpaired) electrons. The van der Waals surface area contributed by atoms with E-state index in [-0.39, 0.29) is 18.4 Å². The number of nitriles is 1. The molecule has 0 saturated heterocycles. The van der Waals surface area contributed by atoms with Crippen molar-refractivity contribution in [3.05, 3.63) is 58.3 Å². The zero-order valence-electron chi connectivity index (χ0n) is 12.9. The van der Waals surface area contributed by atoms with Crippen molar-refractivity contribution >= 4 is 34.9 Å². The van der Waals surface area contributed by atoms with E-state index in [1.165, 1.54) is 11.3 Å². The third kappa shape index (κ3) is 5.72.